The van der Waals surface area contributed by atoms with Gasteiger partial charge >= 0.3 is 0 Å². The lowest BCUT2D eigenvalue weighted by molar-refractivity contribution is 0.0743. The third-order valence-corrected chi connectivity index (χ3v) is 2.68. The van der Waals surface area contributed by atoms with E-state index >= 15 is 0 Å². The topological polar surface area (TPSA) is 46.1 Å². The lowest BCUT2D eigenvalue weighted by Gasteiger charge is -2.19. The van der Waals surface area contributed by atoms with Gasteiger partial charge in [0.05, 0.1) is 12.2 Å². The molecular formula is C14H14FN3O. The van der Waals surface area contributed by atoms with Crippen LogP contribution in [0.4, 0.5) is 4.39 Å². The normalized spacial score (nSPS) is 10.2. The molecule has 0 spiro atoms. The zero-order chi connectivity index (χ0) is 13.7. The highest BCUT2D eigenvalue weighted by Crippen LogP contribution is 2.07. The summed E-state index contributed by atoms with van der Waals surface area (Å²) in [6.45, 7) is 2.75. The SMILES string of the molecule is CCN(Cc1ccccn1)C(=O)c1cccc(F)n1. The number of carbonyl (C=O) groups excluding carboxylic acids is 1. The van der Waals surface area contributed by atoms with Gasteiger partial charge in [0.2, 0.25) is 5.95 Å². The molecule has 0 unspecified atom stereocenters. The van der Waals surface area contributed by atoms with Crippen LogP contribution in [0, 0.1) is 5.95 Å². The van der Waals surface area contributed by atoms with Crippen LogP contribution in [-0.2, 0) is 6.54 Å². The molecule has 0 atom stereocenters. The smallest absolute Gasteiger partial charge is 0.272 e. The van der Waals surface area contributed by atoms with Crippen molar-refractivity contribution in [2.75, 3.05) is 6.54 Å². The molecule has 2 rings (SSSR count). The highest BCUT2D eigenvalue weighted by molar-refractivity contribution is 5.92. The van der Waals surface area contributed by atoms with Gasteiger partial charge in [-0.05, 0) is 31.2 Å². The average molecular weight is 259 g/mol. The third-order valence-electron chi connectivity index (χ3n) is 2.68. The van der Waals surface area contributed by atoms with Gasteiger partial charge in [0.25, 0.3) is 5.91 Å². The fraction of sp³-hybridized carbons (Fsp3) is 0.214. The van der Waals surface area contributed by atoms with Crippen molar-refractivity contribution in [1.29, 1.82) is 0 Å². The monoisotopic (exact) mass is 259 g/mol. The van der Waals surface area contributed by atoms with Gasteiger partial charge in [0, 0.05) is 12.7 Å². The van der Waals surface area contributed by atoms with Gasteiger partial charge in [-0.15, -0.1) is 0 Å². The Balaban J connectivity index is 2.16. The maximum absolute atomic E-state index is 13.0. The molecule has 2 aromatic heterocycles. The van der Waals surface area contributed by atoms with Gasteiger partial charge in [-0.3, -0.25) is 9.78 Å². The van der Waals surface area contributed by atoms with Crippen LogP contribution in [0.3, 0.4) is 0 Å². The number of carbonyl (C=O) groups is 1. The van der Waals surface area contributed by atoms with Crippen LogP contribution in [0.5, 0.6) is 0 Å². The summed E-state index contributed by atoms with van der Waals surface area (Å²) < 4.78 is 13.0. The lowest BCUT2D eigenvalue weighted by atomic mass is 10.2. The molecular weight excluding hydrogens is 245 g/mol. The Labute approximate surface area is 110 Å². The van der Waals surface area contributed by atoms with E-state index in [1.165, 1.54) is 18.2 Å². The summed E-state index contributed by atoms with van der Waals surface area (Å²) in [4.78, 5) is 21.6. The summed E-state index contributed by atoms with van der Waals surface area (Å²) in [6, 6.07) is 9.72. The summed E-state index contributed by atoms with van der Waals surface area (Å²) in [5.41, 5.74) is 0.895. The molecule has 0 aliphatic rings. The van der Waals surface area contributed by atoms with Crippen molar-refractivity contribution < 1.29 is 9.18 Å². The molecule has 0 saturated heterocycles. The van der Waals surface area contributed by atoms with E-state index in [4.69, 9.17) is 0 Å². The van der Waals surface area contributed by atoms with E-state index < -0.39 is 5.95 Å². The number of hydrogen-bond donors (Lipinski definition) is 0. The van der Waals surface area contributed by atoms with Gasteiger partial charge in [-0.2, -0.15) is 4.39 Å². The zero-order valence-electron chi connectivity index (χ0n) is 10.6. The molecule has 0 aromatic carbocycles. The molecule has 1 amide bonds. The molecule has 4 nitrogen and oxygen atoms in total. The van der Waals surface area contributed by atoms with Crippen molar-refractivity contribution in [2.45, 2.75) is 13.5 Å². The van der Waals surface area contributed by atoms with E-state index in [0.717, 1.165) is 5.69 Å². The molecule has 0 aliphatic carbocycles. The van der Waals surface area contributed by atoms with Crippen LogP contribution in [0.2, 0.25) is 0 Å². The highest BCUT2D eigenvalue weighted by atomic mass is 19.1. The predicted molar refractivity (Wildman–Crippen MR) is 68.8 cm³/mol. The molecule has 0 bridgehead atoms. The molecule has 5 heteroatoms. The number of pyridine rings is 2. The fourth-order valence-electron chi connectivity index (χ4n) is 1.70. The van der Waals surface area contributed by atoms with Crippen molar-refractivity contribution in [1.82, 2.24) is 14.9 Å². The maximum atomic E-state index is 13.0. The molecule has 0 aliphatic heterocycles. The summed E-state index contributed by atoms with van der Waals surface area (Å²) in [5, 5.41) is 0. The number of amides is 1. The van der Waals surface area contributed by atoms with Crippen LogP contribution < -0.4 is 0 Å². The van der Waals surface area contributed by atoms with Crippen molar-refractivity contribution in [3.8, 4) is 0 Å². The van der Waals surface area contributed by atoms with Gasteiger partial charge in [-0.1, -0.05) is 12.1 Å². The maximum Gasteiger partial charge on any atom is 0.272 e. The molecule has 2 heterocycles. The van der Waals surface area contributed by atoms with Crippen molar-refractivity contribution >= 4 is 5.91 Å². The predicted octanol–water partition coefficient (Wildman–Crippen LogP) is 2.28. The summed E-state index contributed by atoms with van der Waals surface area (Å²) in [5.74, 6) is -0.951. The van der Waals surface area contributed by atoms with Crippen LogP contribution in [0.25, 0.3) is 0 Å². The van der Waals surface area contributed by atoms with Gasteiger partial charge in [-0.25, -0.2) is 4.98 Å². The first kappa shape index (κ1) is 13.1. The Morgan fingerprint density at radius 3 is 2.74 bits per heavy atom. The highest BCUT2D eigenvalue weighted by Gasteiger charge is 2.16. The van der Waals surface area contributed by atoms with Crippen LogP contribution >= 0.6 is 0 Å². The van der Waals surface area contributed by atoms with Crippen molar-refractivity contribution in [3.63, 3.8) is 0 Å². The van der Waals surface area contributed by atoms with E-state index in [9.17, 15) is 9.18 Å². The number of rotatable bonds is 4. The van der Waals surface area contributed by atoms with E-state index in [-0.39, 0.29) is 11.6 Å². The number of aromatic nitrogens is 2. The number of nitrogens with zero attached hydrogens (tertiary/aromatic N) is 3. The number of halogens is 1. The van der Waals surface area contributed by atoms with E-state index in [2.05, 4.69) is 9.97 Å². The van der Waals surface area contributed by atoms with E-state index in [1.807, 2.05) is 25.1 Å². The first-order valence-electron chi connectivity index (χ1n) is 6.02. The second kappa shape index (κ2) is 6.04. The first-order valence-corrected chi connectivity index (χ1v) is 6.02. The van der Waals surface area contributed by atoms with Gasteiger partial charge in [0.1, 0.15) is 5.69 Å². The fourth-order valence-corrected chi connectivity index (χ4v) is 1.70. The summed E-state index contributed by atoms with van der Waals surface area (Å²) >= 11 is 0. The van der Waals surface area contributed by atoms with Crippen LogP contribution in [0.1, 0.15) is 23.1 Å². The standard InChI is InChI=1S/C14H14FN3O/c1-2-18(10-11-6-3-4-9-16-11)14(19)12-7-5-8-13(15)17-12/h3-9H,2,10H2,1H3. The van der Waals surface area contributed by atoms with Crippen LogP contribution in [-0.4, -0.2) is 27.3 Å². The van der Waals surface area contributed by atoms with Crippen molar-refractivity contribution in [3.05, 3.63) is 59.9 Å². The minimum atomic E-state index is -0.653. The second-order valence-electron chi connectivity index (χ2n) is 3.99. The largest absolute Gasteiger partial charge is 0.332 e. The average Bonchev–Trinajstić information content (AvgIpc) is 2.45. The van der Waals surface area contributed by atoms with E-state index in [0.29, 0.717) is 13.1 Å². The molecule has 0 fully saturated rings. The lowest BCUT2D eigenvalue weighted by Crippen LogP contribution is -2.31. The van der Waals surface area contributed by atoms with E-state index in [1.54, 1.807) is 11.1 Å². The zero-order valence-corrected chi connectivity index (χ0v) is 10.6. The molecule has 0 radical (unpaired) electrons. The molecule has 0 N–H and O–H groups in total. The van der Waals surface area contributed by atoms with Gasteiger partial charge in [0.15, 0.2) is 0 Å². The molecule has 19 heavy (non-hydrogen) atoms. The Kier molecular flexibility index (Phi) is 4.18. The summed E-state index contributed by atoms with van der Waals surface area (Å²) in [6.07, 6.45) is 1.67. The molecule has 0 saturated carbocycles. The number of hydrogen-bond acceptors (Lipinski definition) is 3. The minimum Gasteiger partial charge on any atom is -0.332 e. The Morgan fingerprint density at radius 1 is 1.26 bits per heavy atom. The quantitative estimate of drug-likeness (QED) is 0.791. The Bertz CT molecular complexity index is 560. The summed E-state index contributed by atoms with van der Waals surface area (Å²) in [7, 11) is 0. The van der Waals surface area contributed by atoms with Crippen LogP contribution in [0.15, 0.2) is 42.6 Å². The first-order chi connectivity index (χ1) is 9.20. The second-order valence-corrected chi connectivity index (χ2v) is 3.99. The van der Waals surface area contributed by atoms with Crippen molar-refractivity contribution in [2.24, 2.45) is 0 Å². The minimum absolute atomic E-state index is 0.109. The third kappa shape index (κ3) is 3.34. The van der Waals surface area contributed by atoms with Gasteiger partial charge < -0.3 is 4.90 Å². The molecule has 98 valence electrons. The molecule has 2 aromatic rings. The Morgan fingerprint density at radius 2 is 2.11 bits per heavy atom. The Hall–Kier alpha value is -2.30.